The number of anilines is 1. The lowest BCUT2D eigenvalue weighted by molar-refractivity contribution is -0.117. The van der Waals surface area contributed by atoms with Gasteiger partial charge in [0.1, 0.15) is 0 Å². The van der Waals surface area contributed by atoms with Gasteiger partial charge in [0.2, 0.25) is 17.5 Å². The van der Waals surface area contributed by atoms with Crippen molar-refractivity contribution in [2.75, 3.05) is 33.3 Å². The average Bonchev–Trinajstić information content (AvgIpc) is 3.25. The van der Waals surface area contributed by atoms with Crippen LogP contribution in [0, 0.1) is 0 Å². The van der Waals surface area contributed by atoms with Gasteiger partial charge in [0.25, 0.3) is 5.22 Å². The Kier molecular flexibility index (Phi) is 6.83. The molecule has 0 radical (unpaired) electrons. The smallest absolute Gasteiger partial charge is 0.277 e. The molecule has 0 spiro atoms. The fourth-order valence-corrected chi connectivity index (χ4v) is 3.61. The SMILES string of the molecule is COc1cc(-c2nnc(S[C@H](C)C(=O)N(C)c3ccccc3)o2)cc(OC)c1OC. The average molecular weight is 429 g/mol. The van der Waals surface area contributed by atoms with Crippen molar-refractivity contribution in [2.24, 2.45) is 0 Å². The molecule has 1 heterocycles. The lowest BCUT2D eigenvalue weighted by Crippen LogP contribution is -2.33. The van der Waals surface area contributed by atoms with E-state index in [-0.39, 0.29) is 11.8 Å². The molecule has 1 aromatic heterocycles. The number of hydrogen-bond acceptors (Lipinski definition) is 8. The van der Waals surface area contributed by atoms with Crippen molar-refractivity contribution in [3.8, 4) is 28.7 Å². The van der Waals surface area contributed by atoms with Crippen LogP contribution in [0.5, 0.6) is 17.2 Å². The van der Waals surface area contributed by atoms with Gasteiger partial charge >= 0.3 is 0 Å². The van der Waals surface area contributed by atoms with E-state index in [9.17, 15) is 4.79 Å². The topological polar surface area (TPSA) is 86.9 Å². The first-order valence-corrected chi connectivity index (χ1v) is 9.99. The summed E-state index contributed by atoms with van der Waals surface area (Å²) in [4.78, 5) is 14.3. The molecule has 0 bridgehead atoms. The minimum Gasteiger partial charge on any atom is -0.493 e. The van der Waals surface area contributed by atoms with Crippen molar-refractivity contribution < 1.29 is 23.4 Å². The lowest BCUT2D eigenvalue weighted by atomic mass is 10.2. The highest BCUT2D eigenvalue weighted by atomic mass is 32.2. The minimum absolute atomic E-state index is 0.0706. The molecule has 0 N–H and O–H groups in total. The van der Waals surface area contributed by atoms with Gasteiger partial charge in [0.05, 0.1) is 26.6 Å². The molecule has 2 aromatic carbocycles. The highest BCUT2D eigenvalue weighted by Gasteiger charge is 2.23. The standard InChI is InChI=1S/C21H23N3O5S/c1-13(20(25)24(2)15-9-7-6-8-10-15)30-21-23-22-19(29-21)14-11-16(26-3)18(28-5)17(12-14)27-4/h6-13H,1-5H3/t13-/m1/s1. The molecule has 8 nitrogen and oxygen atoms in total. The van der Waals surface area contributed by atoms with Crippen LogP contribution in [-0.4, -0.2) is 49.7 Å². The Morgan fingerprint density at radius 1 is 1.03 bits per heavy atom. The summed E-state index contributed by atoms with van der Waals surface area (Å²) in [6.45, 7) is 1.80. The van der Waals surface area contributed by atoms with E-state index < -0.39 is 5.25 Å². The number of thioether (sulfide) groups is 1. The number of methoxy groups -OCH3 is 3. The Morgan fingerprint density at radius 3 is 2.23 bits per heavy atom. The van der Waals surface area contributed by atoms with E-state index in [1.54, 1.807) is 31.0 Å². The second-order valence-corrected chi connectivity index (χ2v) is 7.57. The van der Waals surface area contributed by atoms with Crippen LogP contribution in [0.25, 0.3) is 11.5 Å². The Labute approximate surface area is 179 Å². The first kappa shape index (κ1) is 21.5. The second-order valence-electron chi connectivity index (χ2n) is 6.28. The number of benzene rings is 2. The van der Waals surface area contributed by atoms with Crippen molar-refractivity contribution in [3.05, 3.63) is 42.5 Å². The number of nitrogens with zero attached hydrogens (tertiary/aromatic N) is 3. The summed E-state index contributed by atoms with van der Waals surface area (Å²) in [5.74, 6) is 1.65. The van der Waals surface area contributed by atoms with Crippen LogP contribution in [0.15, 0.2) is 52.1 Å². The third-order valence-electron chi connectivity index (χ3n) is 4.42. The third kappa shape index (κ3) is 4.51. The van der Waals surface area contributed by atoms with Gasteiger partial charge in [-0.3, -0.25) is 4.79 Å². The summed E-state index contributed by atoms with van der Waals surface area (Å²) < 4.78 is 21.8. The Morgan fingerprint density at radius 2 is 1.67 bits per heavy atom. The molecule has 30 heavy (non-hydrogen) atoms. The first-order valence-electron chi connectivity index (χ1n) is 9.11. The number of amides is 1. The van der Waals surface area contributed by atoms with Gasteiger partial charge in [0.15, 0.2) is 11.5 Å². The zero-order valence-electron chi connectivity index (χ0n) is 17.4. The molecule has 1 atom stereocenters. The Hall–Kier alpha value is -3.20. The monoisotopic (exact) mass is 429 g/mol. The first-order chi connectivity index (χ1) is 14.5. The minimum atomic E-state index is -0.413. The van der Waals surface area contributed by atoms with Crippen molar-refractivity contribution in [3.63, 3.8) is 0 Å². The van der Waals surface area contributed by atoms with Gasteiger partial charge < -0.3 is 23.5 Å². The van der Waals surface area contributed by atoms with Gasteiger partial charge in [-0.25, -0.2) is 0 Å². The van der Waals surface area contributed by atoms with Gasteiger partial charge in [-0.1, -0.05) is 30.0 Å². The number of hydrogen-bond donors (Lipinski definition) is 0. The summed E-state index contributed by atoms with van der Waals surface area (Å²) >= 11 is 1.20. The fourth-order valence-electron chi connectivity index (χ4n) is 2.83. The predicted molar refractivity (Wildman–Crippen MR) is 115 cm³/mol. The number of rotatable bonds is 8. The zero-order valence-corrected chi connectivity index (χ0v) is 18.2. The van der Waals surface area contributed by atoms with Crippen molar-refractivity contribution in [1.29, 1.82) is 0 Å². The molecule has 3 aromatic rings. The highest BCUT2D eigenvalue weighted by Crippen LogP contribution is 2.41. The molecule has 0 unspecified atom stereocenters. The lowest BCUT2D eigenvalue weighted by Gasteiger charge is -2.20. The van der Waals surface area contributed by atoms with E-state index in [1.165, 1.54) is 33.1 Å². The van der Waals surface area contributed by atoms with Crippen molar-refractivity contribution in [1.82, 2.24) is 10.2 Å². The summed E-state index contributed by atoms with van der Waals surface area (Å²) in [5, 5.41) is 8.04. The molecule has 3 rings (SSSR count). The Bertz CT molecular complexity index is 984. The highest BCUT2D eigenvalue weighted by molar-refractivity contribution is 8.00. The van der Waals surface area contributed by atoms with E-state index >= 15 is 0 Å². The molecule has 0 aliphatic heterocycles. The quantitative estimate of drug-likeness (QED) is 0.498. The predicted octanol–water partition coefficient (Wildman–Crippen LogP) is 3.91. The van der Waals surface area contributed by atoms with E-state index in [2.05, 4.69) is 10.2 Å². The van der Waals surface area contributed by atoms with Gasteiger partial charge in [-0.15, -0.1) is 10.2 Å². The normalized spacial score (nSPS) is 11.6. The van der Waals surface area contributed by atoms with E-state index in [0.29, 0.717) is 28.0 Å². The molecule has 0 fully saturated rings. The Balaban J connectivity index is 1.77. The van der Waals surface area contributed by atoms with Crippen molar-refractivity contribution >= 4 is 23.4 Å². The summed E-state index contributed by atoms with van der Waals surface area (Å²) in [5.41, 5.74) is 1.43. The molecular formula is C21H23N3O5S. The van der Waals surface area contributed by atoms with Crippen LogP contribution in [0.4, 0.5) is 5.69 Å². The summed E-state index contributed by atoms with van der Waals surface area (Å²) in [6.07, 6.45) is 0. The maximum Gasteiger partial charge on any atom is 0.277 e. The van der Waals surface area contributed by atoms with Gasteiger partial charge in [0, 0.05) is 18.3 Å². The summed E-state index contributed by atoms with van der Waals surface area (Å²) in [6, 6.07) is 12.9. The zero-order chi connectivity index (χ0) is 21.7. The van der Waals surface area contributed by atoms with E-state index in [1.807, 2.05) is 30.3 Å². The largest absolute Gasteiger partial charge is 0.493 e. The van der Waals surface area contributed by atoms with Crippen LogP contribution in [0.3, 0.4) is 0 Å². The maximum absolute atomic E-state index is 12.7. The third-order valence-corrected chi connectivity index (χ3v) is 5.34. The van der Waals surface area contributed by atoms with Crippen LogP contribution in [-0.2, 0) is 4.79 Å². The molecule has 1 amide bonds. The number of ether oxygens (including phenoxy) is 3. The van der Waals surface area contributed by atoms with Crippen LogP contribution < -0.4 is 19.1 Å². The second kappa shape index (κ2) is 9.53. The molecule has 0 aliphatic carbocycles. The van der Waals surface area contributed by atoms with Crippen LogP contribution in [0.2, 0.25) is 0 Å². The van der Waals surface area contributed by atoms with E-state index in [0.717, 1.165) is 5.69 Å². The molecule has 0 aliphatic rings. The fraction of sp³-hybridized carbons (Fsp3) is 0.286. The maximum atomic E-state index is 12.7. The molecular weight excluding hydrogens is 406 g/mol. The number of para-hydroxylation sites is 1. The van der Waals surface area contributed by atoms with Crippen LogP contribution in [0.1, 0.15) is 6.92 Å². The van der Waals surface area contributed by atoms with E-state index in [4.69, 9.17) is 18.6 Å². The van der Waals surface area contributed by atoms with Gasteiger partial charge in [-0.2, -0.15) is 0 Å². The summed E-state index contributed by atoms with van der Waals surface area (Å²) in [7, 11) is 6.34. The number of carbonyl (C=O) groups excluding carboxylic acids is 1. The molecule has 158 valence electrons. The number of aromatic nitrogens is 2. The molecule has 0 saturated carbocycles. The van der Waals surface area contributed by atoms with Crippen molar-refractivity contribution in [2.45, 2.75) is 17.4 Å². The molecule has 9 heteroatoms. The number of carbonyl (C=O) groups is 1. The van der Waals surface area contributed by atoms with Gasteiger partial charge in [-0.05, 0) is 31.2 Å². The van der Waals surface area contributed by atoms with Crippen LogP contribution >= 0.6 is 11.8 Å². The molecule has 0 saturated heterocycles.